The largest absolute Gasteiger partial charge is 0.495 e. The second kappa shape index (κ2) is 21.0. The number of piperidine rings is 2. The molecule has 0 radical (unpaired) electrons. The Morgan fingerprint density at radius 3 is 2.18 bits per heavy atom. The number of imide groups is 1. The highest BCUT2D eigenvalue weighted by molar-refractivity contribution is 6.33. The van der Waals surface area contributed by atoms with Crippen molar-refractivity contribution >= 4 is 75.4 Å². The normalized spacial score (nSPS) is 17.2. The van der Waals surface area contributed by atoms with Crippen molar-refractivity contribution in [2.45, 2.75) is 38.1 Å². The molecule has 1 aromatic heterocycles. The van der Waals surface area contributed by atoms with Gasteiger partial charge in [0, 0.05) is 80.3 Å². The summed E-state index contributed by atoms with van der Waals surface area (Å²) in [6.07, 6.45) is 4.53. The summed E-state index contributed by atoms with van der Waals surface area (Å²) in [6.45, 7) is 5.32. The Kier molecular flexibility index (Phi) is 14.5. The molecule has 3 saturated heterocycles. The number of anilines is 7. The molecule has 344 valence electrons. The topological polar surface area (TPSA) is 185 Å². The molecule has 3 fully saturated rings. The van der Waals surface area contributed by atoms with E-state index in [1.54, 1.807) is 78.9 Å². The quantitative estimate of drug-likeness (QED) is 0.0594. The van der Waals surface area contributed by atoms with Gasteiger partial charge in [-0.2, -0.15) is 4.98 Å². The van der Waals surface area contributed by atoms with Gasteiger partial charge < -0.3 is 30.9 Å². The lowest BCUT2D eigenvalue weighted by molar-refractivity contribution is -0.133. The maximum absolute atomic E-state index is 15.4. The average Bonchev–Trinajstić information content (AvgIpc) is 3.32. The molecular formula is C47H50ClF2N11O5. The van der Waals surface area contributed by atoms with Crippen molar-refractivity contribution in [1.82, 2.24) is 30.6 Å². The van der Waals surface area contributed by atoms with Gasteiger partial charge in [0.25, 0.3) is 11.8 Å². The third-order valence-electron chi connectivity index (χ3n) is 12.0. The van der Waals surface area contributed by atoms with E-state index in [0.717, 1.165) is 58.2 Å². The van der Waals surface area contributed by atoms with Crippen molar-refractivity contribution in [3.63, 3.8) is 0 Å². The Morgan fingerprint density at radius 2 is 1.50 bits per heavy atom. The number of halogens is 3. The van der Waals surface area contributed by atoms with E-state index in [0.29, 0.717) is 75.8 Å². The van der Waals surface area contributed by atoms with E-state index < -0.39 is 23.6 Å². The number of rotatable bonds is 15. The van der Waals surface area contributed by atoms with Gasteiger partial charge >= 0.3 is 0 Å². The van der Waals surface area contributed by atoms with Crippen molar-refractivity contribution in [3.8, 4) is 5.75 Å². The van der Waals surface area contributed by atoms with Gasteiger partial charge in [-0.15, -0.1) is 0 Å². The van der Waals surface area contributed by atoms with Crippen molar-refractivity contribution in [3.05, 3.63) is 119 Å². The first-order chi connectivity index (χ1) is 32.0. The minimum Gasteiger partial charge on any atom is -0.495 e. The van der Waals surface area contributed by atoms with Crippen molar-refractivity contribution in [2.75, 3.05) is 79.1 Å². The summed E-state index contributed by atoms with van der Waals surface area (Å²) in [5.41, 5.74) is 6.31. The molecule has 3 aliphatic rings. The molecule has 5 aromatic rings. The highest BCUT2D eigenvalue weighted by atomic mass is 35.5. The monoisotopic (exact) mass is 921 g/mol. The van der Waals surface area contributed by atoms with Gasteiger partial charge in [-0.25, -0.2) is 18.8 Å². The molecule has 0 spiro atoms. The molecule has 8 rings (SSSR count). The Bertz CT molecular complexity index is 2560. The van der Waals surface area contributed by atoms with Crippen LogP contribution in [0.5, 0.6) is 5.75 Å². The minimum absolute atomic E-state index is 0.0676. The Morgan fingerprint density at radius 1 is 0.818 bits per heavy atom. The van der Waals surface area contributed by atoms with Crippen LogP contribution in [0.25, 0.3) is 0 Å². The lowest BCUT2D eigenvalue weighted by Crippen LogP contribution is -2.48. The second-order valence-corrected chi connectivity index (χ2v) is 16.8. The van der Waals surface area contributed by atoms with Crippen LogP contribution in [0.1, 0.15) is 52.8 Å². The number of nitrogens with zero attached hydrogens (tertiary/aromatic N) is 5. The maximum Gasteiger partial charge on any atom is 0.265 e. The lowest BCUT2D eigenvalue weighted by Gasteiger charge is -2.38. The summed E-state index contributed by atoms with van der Waals surface area (Å²) >= 11 is 6.15. The number of para-hydroxylation sites is 1. The average molecular weight is 922 g/mol. The van der Waals surface area contributed by atoms with Crippen LogP contribution in [0, 0.1) is 17.6 Å². The van der Waals surface area contributed by atoms with Gasteiger partial charge in [-0.1, -0.05) is 23.7 Å². The van der Waals surface area contributed by atoms with E-state index in [1.165, 1.54) is 13.2 Å². The van der Waals surface area contributed by atoms with E-state index in [2.05, 4.69) is 46.9 Å². The predicted molar refractivity (Wildman–Crippen MR) is 249 cm³/mol. The fourth-order valence-corrected chi connectivity index (χ4v) is 8.34. The molecule has 3 aliphatic heterocycles. The molecule has 1 atom stereocenters. The van der Waals surface area contributed by atoms with Gasteiger partial charge in [0.15, 0.2) is 11.6 Å². The smallest absolute Gasteiger partial charge is 0.265 e. The van der Waals surface area contributed by atoms with Crippen LogP contribution >= 0.6 is 11.6 Å². The first kappa shape index (κ1) is 45.7. The van der Waals surface area contributed by atoms with Crippen LogP contribution in [0.2, 0.25) is 5.02 Å². The summed E-state index contributed by atoms with van der Waals surface area (Å²) < 4.78 is 35.7. The molecule has 0 saturated carbocycles. The number of aromatic nitrogens is 2. The van der Waals surface area contributed by atoms with Gasteiger partial charge in [-0.05, 0) is 98.8 Å². The second-order valence-electron chi connectivity index (χ2n) is 16.4. The number of carbonyl (C=O) groups is 4. The molecule has 6 N–H and O–H groups in total. The predicted octanol–water partition coefficient (Wildman–Crippen LogP) is 6.94. The molecule has 4 heterocycles. The maximum atomic E-state index is 15.4. The summed E-state index contributed by atoms with van der Waals surface area (Å²) in [5, 5.41) is 16.5. The number of methoxy groups -OCH3 is 1. The van der Waals surface area contributed by atoms with E-state index >= 15 is 4.39 Å². The highest BCUT2D eigenvalue weighted by Gasteiger charge is 2.29. The number of carbonyl (C=O) groups excluding carboxylic acids is 4. The molecule has 4 aromatic carbocycles. The molecule has 0 aliphatic carbocycles. The van der Waals surface area contributed by atoms with Gasteiger partial charge in [-0.3, -0.25) is 34.8 Å². The first-order valence-corrected chi connectivity index (χ1v) is 22.2. The molecule has 4 amide bonds. The molecule has 0 bridgehead atoms. The summed E-state index contributed by atoms with van der Waals surface area (Å²) in [7, 11) is 1.50. The Hall–Kier alpha value is -6.89. The number of nitrogens with one attached hydrogen (secondary N) is 6. The third kappa shape index (κ3) is 11.5. The van der Waals surface area contributed by atoms with Crippen molar-refractivity contribution in [1.29, 1.82) is 0 Å². The van der Waals surface area contributed by atoms with E-state index in [9.17, 15) is 23.6 Å². The van der Waals surface area contributed by atoms with E-state index in [4.69, 9.17) is 16.3 Å². The van der Waals surface area contributed by atoms with Crippen LogP contribution in [-0.2, 0) is 9.59 Å². The van der Waals surface area contributed by atoms with Gasteiger partial charge in [0.05, 0.1) is 35.4 Å². The molecule has 66 heavy (non-hydrogen) atoms. The van der Waals surface area contributed by atoms with Crippen LogP contribution in [-0.4, -0.2) is 102 Å². The van der Waals surface area contributed by atoms with Crippen molar-refractivity contribution in [2.24, 2.45) is 5.92 Å². The zero-order valence-corrected chi connectivity index (χ0v) is 37.0. The number of hydrogen-bond acceptors (Lipinski definition) is 13. The molecular weight excluding hydrogens is 872 g/mol. The Labute approximate surface area is 385 Å². The number of ether oxygens (including phenoxy) is 1. The standard InChI is InChI=1S/C47H50ClF2N11O5/c1-66-41-27-40(35(49)26-39(41)54-38-14-15-42(62)56-46(38)65)60-24-22-59(23-25-60)19-16-29-17-20-61(21-18-29)58-45(64)31-8-12-33(13-9-31)53-47-51-28-36(50)43(57-47)52-32-10-6-30(7-11-32)44(63)55-37-5-3-2-4-34(37)48/h2-13,26-29,38,54H,14-25H2,1H3,(H,55,63)(H,58,64)(H,56,62,65)(H2,51,52,53,57). The summed E-state index contributed by atoms with van der Waals surface area (Å²) in [6, 6.07) is 22.6. The van der Waals surface area contributed by atoms with E-state index in [-0.39, 0.29) is 35.9 Å². The summed E-state index contributed by atoms with van der Waals surface area (Å²) in [5.74, 6) is -1.37. The van der Waals surface area contributed by atoms with Crippen LogP contribution in [0.4, 0.5) is 49.0 Å². The fraction of sp³-hybridized carbons (Fsp3) is 0.319. The number of piperazine rings is 1. The summed E-state index contributed by atoms with van der Waals surface area (Å²) in [4.78, 5) is 62.4. The minimum atomic E-state index is -0.670. The van der Waals surface area contributed by atoms with Crippen LogP contribution < -0.4 is 41.6 Å². The molecule has 1 unspecified atom stereocenters. The Balaban J connectivity index is 0.746. The van der Waals surface area contributed by atoms with Crippen LogP contribution in [0.3, 0.4) is 0 Å². The fourth-order valence-electron chi connectivity index (χ4n) is 8.15. The number of amides is 4. The number of hydrazine groups is 1. The van der Waals surface area contributed by atoms with Gasteiger partial charge in [0.1, 0.15) is 17.6 Å². The van der Waals surface area contributed by atoms with Gasteiger partial charge in [0.2, 0.25) is 17.8 Å². The zero-order chi connectivity index (χ0) is 46.2. The SMILES string of the molecule is COc1cc(N2CCN(CCC3CCN(NC(=O)c4ccc(Nc5ncc(F)c(Nc6ccc(C(=O)Nc7ccccc7Cl)cc6)n5)cc4)CC3)CC2)c(F)cc1NC1CCC(=O)NC1=O. The molecule has 16 nitrogen and oxygen atoms in total. The number of hydrogen-bond donors (Lipinski definition) is 6. The number of benzene rings is 4. The van der Waals surface area contributed by atoms with Crippen LogP contribution in [0.15, 0.2) is 91.1 Å². The lowest BCUT2D eigenvalue weighted by atomic mass is 9.94. The highest BCUT2D eigenvalue weighted by Crippen LogP contribution is 2.35. The van der Waals surface area contributed by atoms with Crippen molar-refractivity contribution < 1.29 is 32.7 Å². The van der Waals surface area contributed by atoms with E-state index in [1.807, 2.05) is 9.91 Å². The molecule has 19 heteroatoms. The first-order valence-electron chi connectivity index (χ1n) is 21.8. The third-order valence-corrected chi connectivity index (χ3v) is 12.3. The zero-order valence-electron chi connectivity index (χ0n) is 36.2.